The van der Waals surface area contributed by atoms with Crippen LogP contribution in [0.25, 0.3) is 11.1 Å². The van der Waals surface area contributed by atoms with Gasteiger partial charge in [-0.2, -0.15) is 0 Å². The fraction of sp³-hybridized carbons (Fsp3) is 0.226. The third kappa shape index (κ3) is 6.26. The number of ether oxygens (including phenoxy) is 2. The summed E-state index contributed by atoms with van der Waals surface area (Å²) in [6.45, 7) is 3.45. The van der Waals surface area contributed by atoms with Crippen molar-refractivity contribution in [3.63, 3.8) is 0 Å². The van der Waals surface area contributed by atoms with Crippen LogP contribution in [-0.2, 0) is 17.5 Å². The predicted molar refractivity (Wildman–Crippen MR) is 155 cm³/mol. The number of piperazine rings is 1. The number of benzene rings is 4. The zero-order chi connectivity index (χ0) is 28.1. The summed E-state index contributed by atoms with van der Waals surface area (Å²) in [5.74, 6) is -0.194. The van der Waals surface area contributed by atoms with Crippen LogP contribution >= 0.6 is 0 Å². The summed E-state index contributed by atoms with van der Waals surface area (Å²) in [6, 6.07) is 25.3. The minimum atomic E-state index is -1.83. The number of nitrogens with zero attached hydrogens (tertiary/aromatic N) is 2. The molecule has 4 aromatic carbocycles. The van der Waals surface area contributed by atoms with E-state index in [4.69, 9.17) is 9.47 Å². The van der Waals surface area contributed by atoms with Gasteiger partial charge in [-0.1, -0.05) is 48.5 Å². The zero-order valence-electron chi connectivity index (χ0n) is 22.4. The van der Waals surface area contributed by atoms with E-state index in [2.05, 4.69) is 9.62 Å². The molecule has 208 valence electrons. The van der Waals surface area contributed by atoms with Crippen molar-refractivity contribution >= 4 is 22.4 Å². The van der Waals surface area contributed by atoms with Gasteiger partial charge in [-0.15, -0.1) is 0 Å². The minimum Gasteiger partial charge on any atom is -0.493 e. The van der Waals surface area contributed by atoms with E-state index in [9.17, 15) is 4.21 Å². The molecule has 1 atom stereocenters. The highest BCUT2D eigenvalue weighted by atomic mass is 32.2. The number of methoxy groups -OCH3 is 2. The summed E-state index contributed by atoms with van der Waals surface area (Å²) in [4.78, 5) is 4.67. The molecule has 0 aromatic heterocycles. The molecule has 1 aliphatic heterocycles. The SMILES string of the molecule is COc1ccc(CN2CCN(c3cc(F)c(NS(=O)c4ccc(-c5ccccc5)cc4)c(F)c3)CC2)cc1OC. The number of halogens is 2. The van der Waals surface area contributed by atoms with Crippen molar-refractivity contribution in [2.75, 3.05) is 50.0 Å². The molecule has 1 saturated heterocycles. The van der Waals surface area contributed by atoms with Gasteiger partial charge in [0.05, 0.1) is 19.1 Å². The van der Waals surface area contributed by atoms with E-state index >= 15 is 8.78 Å². The highest BCUT2D eigenvalue weighted by Gasteiger charge is 2.21. The highest BCUT2D eigenvalue weighted by Crippen LogP contribution is 2.30. The van der Waals surface area contributed by atoms with Crippen LogP contribution in [0.1, 0.15) is 5.56 Å². The van der Waals surface area contributed by atoms with Crippen LogP contribution in [0.5, 0.6) is 11.5 Å². The van der Waals surface area contributed by atoms with Gasteiger partial charge in [-0.3, -0.25) is 9.62 Å². The van der Waals surface area contributed by atoms with Gasteiger partial charge < -0.3 is 14.4 Å². The van der Waals surface area contributed by atoms with E-state index in [1.807, 2.05) is 65.6 Å². The van der Waals surface area contributed by atoms with Gasteiger partial charge in [0.2, 0.25) is 0 Å². The lowest BCUT2D eigenvalue weighted by atomic mass is 10.1. The highest BCUT2D eigenvalue weighted by molar-refractivity contribution is 7.86. The smallest absolute Gasteiger partial charge is 0.161 e. The Labute approximate surface area is 235 Å². The van der Waals surface area contributed by atoms with Gasteiger partial charge in [0, 0.05) is 38.4 Å². The molecule has 4 aromatic rings. The summed E-state index contributed by atoms with van der Waals surface area (Å²) in [7, 11) is 1.39. The van der Waals surface area contributed by atoms with Crippen molar-refractivity contribution in [1.29, 1.82) is 0 Å². The van der Waals surface area contributed by atoms with E-state index in [0.29, 0.717) is 35.2 Å². The van der Waals surface area contributed by atoms with Crippen LogP contribution in [0.15, 0.2) is 89.8 Å². The quantitative estimate of drug-likeness (QED) is 0.267. The van der Waals surface area contributed by atoms with Crippen molar-refractivity contribution < 1.29 is 22.5 Å². The van der Waals surface area contributed by atoms with E-state index in [0.717, 1.165) is 36.3 Å². The fourth-order valence-electron chi connectivity index (χ4n) is 4.79. The maximum absolute atomic E-state index is 15.0. The van der Waals surface area contributed by atoms with Gasteiger partial charge in [0.25, 0.3) is 0 Å². The van der Waals surface area contributed by atoms with Gasteiger partial charge in [0.15, 0.2) is 23.1 Å². The molecule has 0 spiro atoms. The molecule has 1 unspecified atom stereocenters. The van der Waals surface area contributed by atoms with Crippen LogP contribution in [0.2, 0.25) is 0 Å². The van der Waals surface area contributed by atoms with Crippen LogP contribution in [0.4, 0.5) is 20.2 Å². The average molecular weight is 564 g/mol. The Kier molecular flexibility index (Phi) is 8.62. The lowest BCUT2D eigenvalue weighted by molar-refractivity contribution is 0.249. The molecule has 9 heteroatoms. The second-order valence-corrected chi connectivity index (χ2v) is 10.7. The standard InChI is InChI=1S/C31H31F2N3O3S/c1-38-29-13-8-22(18-30(29)39-2)21-35-14-16-36(17-15-35)25-19-27(32)31(28(33)20-25)34-40(37)26-11-9-24(10-12-26)23-6-4-3-5-7-23/h3-13,18-20,34H,14-17,21H2,1-2H3. The largest absolute Gasteiger partial charge is 0.493 e. The summed E-state index contributed by atoms with van der Waals surface area (Å²) in [5.41, 5.74) is 3.15. The predicted octanol–water partition coefficient (Wildman–Crippen LogP) is 6.11. The molecule has 40 heavy (non-hydrogen) atoms. The third-order valence-electron chi connectivity index (χ3n) is 6.99. The average Bonchev–Trinajstić information content (AvgIpc) is 2.99. The Balaban J connectivity index is 1.20. The number of nitrogens with one attached hydrogen (secondary N) is 1. The molecule has 0 saturated carbocycles. The first-order valence-electron chi connectivity index (χ1n) is 13.0. The number of rotatable bonds is 9. The first-order chi connectivity index (χ1) is 19.4. The second kappa shape index (κ2) is 12.5. The number of anilines is 2. The zero-order valence-corrected chi connectivity index (χ0v) is 23.2. The van der Waals surface area contributed by atoms with E-state index in [-0.39, 0.29) is 0 Å². The lowest BCUT2D eigenvalue weighted by Crippen LogP contribution is -2.46. The first-order valence-corrected chi connectivity index (χ1v) is 14.1. The molecule has 1 fully saturated rings. The van der Waals surface area contributed by atoms with Crippen molar-refractivity contribution in [2.24, 2.45) is 0 Å². The molecular weight excluding hydrogens is 532 g/mol. The molecule has 6 nitrogen and oxygen atoms in total. The Hall–Kier alpha value is -3.95. The molecule has 1 aliphatic rings. The third-order valence-corrected chi connectivity index (χ3v) is 8.08. The summed E-state index contributed by atoms with van der Waals surface area (Å²) in [6.07, 6.45) is 0. The fourth-order valence-corrected chi connectivity index (χ4v) is 5.68. The first kappa shape index (κ1) is 27.6. The maximum atomic E-state index is 15.0. The van der Waals surface area contributed by atoms with E-state index in [1.54, 1.807) is 26.4 Å². The van der Waals surface area contributed by atoms with E-state index in [1.165, 1.54) is 12.1 Å². The maximum Gasteiger partial charge on any atom is 0.161 e. The lowest BCUT2D eigenvalue weighted by Gasteiger charge is -2.36. The van der Waals surface area contributed by atoms with Crippen LogP contribution < -0.4 is 19.1 Å². The van der Waals surface area contributed by atoms with Crippen molar-refractivity contribution in [3.05, 3.63) is 102 Å². The molecular formula is C31H31F2N3O3S. The Bertz CT molecular complexity index is 1450. The van der Waals surface area contributed by atoms with Crippen LogP contribution in [0.3, 0.4) is 0 Å². The van der Waals surface area contributed by atoms with Gasteiger partial charge in [-0.05, 0) is 53.1 Å². The number of hydrogen-bond acceptors (Lipinski definition) is 5. The summed E-state index contributed by atoms with van der Waals surface area (Å²) in [5, 5.41) is 0. The summed E-state index contributed by atoms with van der Waals surface area (Å²) >= 11 is 0. The van der Waals surface area contributed by atoms with Crippen LogP contribution in [0, 0.1) is 11.6 Å². The molecule has 1 heterocycles. The normalized spacial score (nSPS) is 14.6. The molecule has 1 N–H and O–H groups in total. The van der Waals surface area contributed by atoms with Gasteiger partial charge in [-0.25, -0.2) is 13.0 Å². The second-order valence-electron chi connectivity index (χ2n) is 9.50. The molecule has 5 rings (SSSR count). The molecule has 0 radical (unpaired) electrons. The number of hydrogen-bond donors (Lipinski definition) is 1. The van der Waals surface area contributed by atoms with Gasteiger partial charge >= 0.3 is 0 Å². The Morgan fingerprint density at radius 1 is 0.775 bits per heavy atom. The van der Waals surface area contributed by atoms with E-state index < -0.39 is 28.3 Å². The van der Waals surface area contributed by atoms with Gasteiger partial charge in [0.1, 0.15) is 16.7 Å². The molecule has 0 aliphatic carbocycles. The molecule has 0 amide bonds. The Morgan fingerprint density at radius 3 is 2.02 bits per heavy atom. The van der Waals surface area contributed by atoms with Crippen molar-refractivity contribution in [2.45, 2.75) is 11.4 Å². The van der Waals surface area contributed by atoms with Crippen LogP contribution in [-0.4, -0.2) is 49.5 Å². The minimum absolute atomic E-state index is 0.402. The Morgan fingerprint density at radius 2 is 1.40 bits per heavy atom. The summed E-state index contributed by atoms with van der Waals surface area (Å²) < 4.78 is 56.1. The molecule has 0 bridgehead atoms. The monoisotopic (exact) mass is 563 g/mol. The van der Waals surface area contributed by atoms with Crippen molar-refractivity contribution in [3.8, 4) is 22.6 Å². The topological polar surface area (TPSA) is 54.0 Å². The van der Waals surface area contributed by atoms with Crippen molar-refractivity contribution in [1.82, 2.24) is 4.90 Å².